The summed E-state index contributed by atoms with van der Waals surface area (Å²) < 4.78 is 5.73. The van der Waals surface area contributed by atoms with Gasteiger partial charge in [-0.05, 0) is 42.3 Å². The summed E-state index contributed by atoms with van der Waals surface area (Å²) in [6.45, 7) is 2.76. The van der Waals surface area contributed by atoms with Crippen LogP contribution in [0.5, 0.6) is 5.75 Å². The van der Waals surface area contributed by atoms with Crippen LogP contribution in [-0.4, -0.2) is 17.9 Å². The van der Waals surface area contributed by atoms with Gasteiger partial charge in [-0.3, -0.25) is 9.59 Å². The van der Waals surface area contributed by atoms with E-state index in [0.717, 1.165) is 16.9 Å². The Morgan fingerprint density at radius 1 is 0.833 bits per heavy atom. The number of rotatable bonds is 9. The van der Waals surface area contributed by atoms with Crippen LogP contribution in [0, 0.1) is 0 Å². The zero-order valence-electron chi connectivity index (χ0n) is 17.0. The SMILES string of the molecule is CC(CC(=O)NCc1ccc(COc2ccccc2)cc1)NC(=O)c1ccccc1. The first-order chi connectivity index (χ1) is 14.6. The van der Waals surface area contributed by atoms with Gasteiger partial charge in [-0.25, -0.2) is 0 Å². The lowest BCUT2D eigenvalue weighted by Gasteiger charge is -2.14. The topological polar surface area (TPSA) is 67.4 Å². The standard InChI is InChI=1S/C25H26N2O3/c1-19(27-25(29)22-8-4-2-5-9-22)16-24(28)26-17-20-12-14-21(15-13-20)18-30-23-10-6-3-7-11-23/h2-15,19H,16-18H2,1H3,(H,26,28)(H,27,29). The first-order valence-electron chi connectivity index (χ1n) is 9.98. The van der Waals surface area contributed by atoms with Gasteiger partial charge >= 0.3 is 0 Å². The minimum Gasteiger partial charge on any atom is -0.489 e. The Labute approximate surface area is 177 Å². The molecule has 5 heteroatoms. The maximum atomic E-state index is 12.2. The highest BCUT2D eigenvalue weighted by Gasteiger charge is 2.13. The number of hydrogen-bond acceptors (Lipinski definition) is 3. The summed E-state index contributed by atoms with van der Waals surface area (Å²) in [6.07, 6.45) is 0.224. The lowest BCUT2D eigenvalue weighted by atomic mass is 10.1. The molecular formula is C25H26N2O3. The molecule has 0 heterocycles. The maximum Gasteiger partial charge on any atom is 0.251 e. The summed E-state index contributed by atoms with van der Waals surface area (Å²) in [7, 11) is 0. The zero-order valence-corrected chi connectivity index (χ0v) is 17.0. The molecule has 1 atom stereocenters. The van der Waals surface area contributed by atoms with Crippen molar-refractivity contribution >= 4 is 11.8 Å². The third kappa shape index (κ3) is 6.78. The maximum absolute atomic E-state index is 12.2. The molecule has 1 unspecified atom stereocenters. The van der Waals surface area contributed by atoms with Crippen molar-refractivity contribution in [2.75, 3.05) is 0 Å². The fourth-order valence-electron chi connectivity index (χ4n) is 2.94. The molecule has 30 heavy (non-hydrogen) atoms. The molecule has 2 amide bonds. The fraction of sp³-hybridized carbons (Fsp3) is 0.200. The molecule has 0 aliphatic heterocycles. The normalized spacial score (nSPS) is 11.4. The quantitative estimate of drug-likeness (QED) is 0.566. The van der Waals surface area contributed by atoms with Crippen molar-refractivity contribution in [2.24, 2.45) is 0 Å². The monoisotopic (exact) mass is 402 g/mol. The molecule has 0 saturated carbocycles. The Balaban J connectivity index is 1.39. The molecule has 154 valence electrons. The minimum absolute atomic E-state index is 0.104. The van der Waals surface area contributed by atoms with Crippen LogP contribution in [-0.2, 0) is 17.9 Å². The van der Waals surface area contributed by atoms with Gasteiger partial charge in [0.2, 0.25) is 5.91 Å². The molecule has 0 aromatic heterocycles. The van der Waals surface area contributed by atoms with Gasteiger partial charge in [0.05, 0.1) is 0 Å². The van der Waals surface area contributed by atoms with E-state index in [2.05, 4.69) is 10.6 Å². The van der Waals surface area contributed by atoms with E-state index in [1.807, 2.05) is 79.7 Å². The van der Waals surface area contributed by atoms with Crippen LogP contribution in [0.25, 0.3) is 0 Å². The zero-order chi connectivity index (χ0) is 21.2. The first-order valence-corrected chi connectivity index (χ1v) is 9.98. The molecule has 5 nitrogen and oxygen atoms in total. The third-order valence-corrected chi connectivity index (χ3v) is 4.57. The fourth-order valence-corrected chi connectivity index (χ4v) is 2.94. The highest BCUT2D eigenvalue weighted by Crippen LogP contribution is 2.12. The van der Waals surface area contributed by atoms with Gasteiger partial charge in [0.25, 0.3) is 5.91 Å². The van der Waals surface area contributed by atoms with E-state index in [0.29, 0.717) is 18.7 Å². The van der Waals surface area contributed by atoms with Crippen molar-refractivity contribution in [3.63, 3.8) is 0 Å². The molecule has 0 fully saturated rings. The number of ether oxygens (including phenoxy) is 1. The van der Waals surface area contributed by atoms with Crippen LogP contribution in [0.4, 0.5) is 0 Å². The van der Waals surface area contributed by atoms with Crippen molar-refractivity contribution in [1.29, 1.82) is 0 Å². The molecule has 3 rings (SSSR count). The number of carbonyl (C=O) groups excluding carboxylic acids is 2. The van der Waals surface area contributed by atoms with E-state index in [-0.39, 0.29) is 24.3 Å². The number of para-hydroxylation sites is 1. The smallest absolute Gasteiger partial charge is 0.251 e. The summed E-state index contributed by atoms with van der Waals surface area (Å²) in [4.78, 5) is 24.3. The van der Waals surface area contributed by atoms with E-state index in [4.69, 9.17) is 4.74 Å². The first kappa shape index (κ1) is 21.1. The molecule has 0 bridgehead atoms. The predicted octanol–water partition coefficient (Wildman–Crippen LogP) is 4.09. The van der Waals surface area contributed by atoms with Gasteiger partial charge in [0.15, 0.2) is 0 Å². The Bertz CT molecular complexity index is 941. The summed E-state index contributed by atoms with van der Waals surface area (Å²) in [5.74, 6) is 0.555. The average Bonchev–Trinajstić information content (AvgIpc) is 2.78. The van der Waals surface area contributed by atoms with Crippen LogP contribution in [0.15, 0.2) is 84.9 Å². The predicted molar refractivity (Wildman–Crippen MR) is 117 cm³/mol. The van der Waals surface area contributed by atoms with E-state index in [1.54, 1.807) is 12.1 Å². The van der Waals surface area contributed by atoms with Crippen LogP contribution in [0.1, 0.15) is 34.8 Å². The number of amides is 2. The summed E-state index contributed by atoms with van der Waals surface area (Å²) >= 11 is 0. The largest absolute Gasteiger partial charge is 0.489 e. The molecule has 2 N–H and O–H groups in total. The molecule has 0 radical (unpaired) electrons. The molecular weight excluding hydrogens is 376 g/mol. The van der Waals surface area contributed by atoms with E-state index in [9.17, 15) is 9.59 Å². The van der Waals surface area contributed by atoms with Crippen LogP contribution in [0.3, 0.4) is 0 Å². The van der Waals surface area contributed by atoms with Crippen molar-refractivity contribution in [1.82, 2.24) is 10.6 Å². The van der Waals surface area contributed by atoms with E-state index in [1.165, 1.54) is 0 Å². The molecule has 0 spiro atoms. The molecule has 3 aromatic carbocycles. The van der Waals surface area contributed by atoms with E-state index >= 15 is 0 Å². The lowest BCUT2D eigenvalue weighted by Crippen LogP contribution is -2.37. The second-order valence-electron chi connectivity index (χ2n) is 7.14. The molecule has 0 aliphatic rings. The Kier molecular flexibility index (Phi) is 7.61. The highest BCUT2D eigenvalue weighted by molar-refractivity contribution is 5.94. The van der Waals surface area contributed by atoms with Gasteiger partial charge < -0.3 is 15.4 Å². The average molecular weight is 402 g/mol. The van der Waals surface area contributed by atoms with Gasteiger partial charge in [-0.1, -0.05) is 60.7 Å². The number of carbonyl (C=O) groups is 2. The summed E-state index contributed by atoms with van der Waals surface area (Å²) in [5.41, 5.74) is 2.65. The van der Waals surface area contributed by atoms with Crippen molar-refractivity contribution in [3.05, 3.63) is 102 Å². The second-order valence-corrected chi connectivity index (χ2v) is 7.14. The second kappa shape index (κ2) is 10.8. The highest BCUT2D eigenvalue weighted by atomic mass is 16.5. The summed E-state index contributed by atoms with van der Waals surface area (Å²) in [5, 5.41) is 5.75. The number of nitrogens with one attached hydrogen (secondary N) is 2. The Morgan fingerprint density at radius 3 is 2.10 bits per heavy atom. The van der Waals surface area contributed by atoms with Gasteiger partial charge in [-0.15, -0.1) is 0 Å². The van der Waals surface area contributed by atoms with Crippen LogP contribution >= 0.6 is 0 Å². The van der Waals surface area contributed by atoms with Gasteiger partial charge in [0, 0.05) is 24.6 Å². The van der Waals surface area contributed by atoms with Crippen molar-refractivity contribution < 1.29 is 14.3 Å². The third-order valence-electron chi connectivity index (χ3n) is 4.57. The number of benzene rings is 3. The lowest BCUT2D eigenvalue weighted by molar-refractivity contribution is -0.121. The van der Waals surface area contributed by atoms with Crippen LogP contribution in [0.2, 0.25) is 0 Å². The Hall–Kier alpha value is -3.60. The van der Waals surface area contributed by atoms with Gasteiger partial charge in [-0.2, -0.15) is 0 Å². The number of hydrogen-bond donors (Lipinski definition) is 2. The van der Waals surface area contributed by atoms with Crippen LogP contribution < -0.4 is 15.4 Å². The van der Waals surface area contributed by atoms with Gasteiger partial charge in [0.1, 0.15) is 12.4 Å². The Morgan fingerprint density at radius 2 is 1.43 bits per heavy atom. The van der Waals surface area contributed by atoms with Crippen molar-refractivity contribution in [3.8, 4) is 5.75 Å². The van der Waals surface area contributed by atoms with E-state index < -0.39 is 0 Å². The summed E-state index contributed by atoms with van der Waals surface area (Å²) in [6, 6.07) is 26.3. The molecule has 3 aromatic rings. The molecule has 0 saturated heterocycles. The minimum atomic E-state index is -0.254. The van der Waals surface area contributed by atoms with Crippen molar-refractivity contribution in [2.45, 2.75) is 32.5 Å². The molecule has 0 aliphatic carbocycles.